The molecule has 0 unspecified atom stereocenters. The number of carbonyl (C=O) groups is 1. The van der Waals surface area contributed by atoms with Crippen molar-refractivity contribution in [1.29, 1.82) is 0 Å². The molecule has 1 aromatic heterocycles. The molecule has 6 heteroatoms. The van der Waals surface area contributed by atoms with Crippen molar-refractivity contribution in [3.63, 3.8) is 0 Å². The largest absolute Gasteiger partial charge is 0.367 e. The van der Waals surface area contributed by atoms with Gasteiger partial charge in [0.05, 0.1) is 0 Å². The van der Waals surface area contributed by atoms with Gasteiger partial charge in [-0.15, -0.1) is 0 Å². The predicted octanol–water partition coefficient (Wildman–Crippen LogP) is 1.21. The Morgan fingerprint density at radius 1 is 1.44 bits per heavy atom. The molecule has 16 heavy (non-hydrogen) atoms. The molecule has 5 nitrogen and oxygen atoms in total. The maximum Gasteiger partial charge on any atom is 0.221 e. The lowest BCUT2D eigenvalue weighted by Crippen LogP contribution is -2.27. The molecule has 0 radical (unpaired) electrons. The molecule has 86 valence electrons. The Labute approximate surface area is 98.6 Å². The summed E-state index contributed by atoms with van der Waals surface area (Å²) in [6.45, 7) is 0.511. The minimum atomic E-state index is 0.0648. The van der Waals surface area contributed by atoms with Gasteiger partial charge < -0.3 is 10.6 Å². The van der Waals surface area contributed by atoms with Gasteiger partial charge >= 0.3 is 0 Å². The van der Waals surface area contributed by atoms with Gasteiger partial charge in [-0.25, -0.2) is 9.97 Å². The summed E-state index contributed by atoms with van der Waals surface area (Å²) in [5.74, 6) is 0.582. The van der Waals surface area contributed by atoms with Gasteiger partial charge in [-0.1, -0.05) is 11.6 Å². The maximum absolute atomic E-state index is 11.3. The standard InChI is InChI=1S/C10H13ClN4O/c11-9-10(14-6-5-12-9)13-4-3-8(16)15-7-1-2-7/h5-7H,1-4H2,(H,13,14)(H,15,16). The molecule has 1 aliphatic carbocycles. The van der Waals surface area contributed by atoms with Crippen LogP contribution in [-0.4, -0.2) is 28.5 Å². The maximum atomic E-state index is 11.3. The highest BCUT2D eigenvalue weighted by Crippen LogP contribution is 2.18. The van der Waals surface area contributed by atoms with Crippen molar-refractivity contribution in [1.82, 2.24) is 15.3 Å². The molecule has 1 heterocycles. The number of aromatic nitrogens is 2. The van der Waals surface area contributed by atoms with Gasteiger partial charge in [0.15, 0.2) is 11.0 Å². The average molecular weight is 241 g/mol. The fourth-order valence-electron chi connectivity index (χ4n) is 1.26. The third kappa shape index (κ3) is 3.34. The first kappa shape index (κ1) is 11.1. The fourth-order valence-corrected chi connectivity index (χ4v) is 1.43. The minimum Gasteiger partial charge on any atom is -0.367 e. The van der Waals surface area contributed by atoms with Crippen molar-refractivity contribution >= 4 is 23.3 Å². The number of amides is 1. The monoisotopic (exact) mass is 240 g/mol. The smallest absolute Gasteiger partial charge is 0.221 e. The molecule has 0 saturated heterocycles. The molecule has 0 atom stereocenters. The van der Waals surface area contributed by atoms with Gasteiger partial charge in [0.25, 0.3) is 0 Å². The molecule has 1 amide bonds. The van der Waals surface area contributed by atoms with Crippen LogP contribution in [0.25, 0.3) is 0 Å². The molecule has 0 aromatic carbocycles. The molecule has 0 aliphatic heterocycles. The van der Waals surface area contributed by atoms with E-state index in [2.05, 4.69) is 20.6 Å². The number of hydrogen-bond donors (Lipinski definition) is 2. The van der Waals surface area contributed by atoms with Gasteiger partial charge in [-0.2, -0.15) is 0 Å². The molecule has 1 aliphatic rings. The van der Waals surface area contributed by atoms with Crippen LogP contribution in [0.3, 0.4) is 0 Å². The minimum absolute atomic E-state index is 0.0648. The van der Waals surface area contributed by atoms with Gasteiger partial charge in [0.2, 0.25) is 5.91 Å². The Morgan fingerprint density at radius 2 is 2.19 bits per heavy atom. The molecule has 1 aromatic rings. The van der Waals surface area contributed by atoms with E-state index in [0.717, 1.165) is 12.8 Å². The Morgan fingerprint density at radius 3 is 2.88 bits per heavy atom. The lowest BCUT2D eigenvalue weighted by molar-refractivity contribution is -0.120. The van der Waals surface area contributed by atoms with Crippen molar-refractivity contribution in [2.24, 2.45) is 0 Å². The lowest BCUT2D eigenvalue weighted by Gasteiger charge is -2.06. The van der Waals surface area contributed by atoms with E-state index in [4.69, 9.17) is 11.6 Å². The average Bonchev–Trinajstić information content (AvgIpc) is 3.05. The van der Waals surface area contributed by atoms with Gasteiger partial charge in [0.1, 0.15) is 0 Å². The first-order chi connectivity index (χ1) is 7.75. The van der Waals surface area contributed by atoms with E-state index in [1.807, 2.05) is 0 Å². The topological polar surface area (TPSA) is 66.9 Å². The van der Waals surface area contributed by atoms with E-state index in [0.29, 0.717) is 30.0 Å². The number of nitrogens with zero attached hydrogens (tertiary/aromatic N) is 2. The van der Waals surface area contributed by atoms with Crippen LogP contribution in [0.4, 0.5) is 5.82 Å². The van der Waals surface area contributed by atoms with Crippen LogP contribution in [0.2, 0.25) is 5.15 Å². The summed E-state index contributed by atoms with van der Waals surface area (Å²) in [7, 11) is 0. The van der Waals surface area contributed by atoms with Crippen LogP contribution in [0.5, 0.6) is 0 Å². The van der Waals surface area contributed by atoms with Crippen molar-refractivity contribution in [3.05, 3.63) is 17.5 Å². The van der Waals surface area contributed by atoms with Crippen LogP contribution in [0, 0.1) is 0 Å². The Bertz CT molecular complexity index is 381. The fraction of sp³-hybridized carbons (Fsp3) is 0.500. The zero-order valence-corrected chi connectivity index (χ0v) is 9.50. The molecule has 1 fully saturated rings. The second kappa shape index (κ2) is 5.12. The van der Waals surface area contributed by atoms with E-state index in [1.54, 1.807) is 6.20 Å². The summed E-state index contributed by atoms with van der Waals surface area (Å²) < 4.78 is 0. The number of carbonyl (C=O) groups excluding carboxylic acids is 1. The predicted molar refractivity (Wildman–Crippen MR) is 61.3 cm³/mol. The van der Waals surface area contributed by atoms with Crippen LogP contribution in [0.1, 0.15) is 19.3 Å². The van der Waals surface area contributed by atoms with Crippen LogP contribution >= 0.6 is 11.6 Å². The zero-order valence-electron chi connectivity index (χ0n) is 8.74. The molecule has 2 rings (SSSR count). The highest BCUT2D eigenvalue weighted by atomic mass is 35.5. The molecule has 0 bridgehead atoms. The van der Waals surface area contributed by atoms with Crippen molar-refractivity contribution in [3.8, 4) is 0 Å². The van der Waals surface area contributed by atoms with Crippen molar-refractivity contribution in [2.45, 2.75) is 25.3 Å². The number of nitrogens with one attached hydrogen (secondary N) is 2. The van der Waals surface area contributed by atoms with E-state index in [-0.39, 0.29) is 5.91 Å². The van der Waals surface area contributed by atoms with E-state index >= 15 is 0 Å². The SMILES string of the molecule is O=C(CCNc1nccnc1Cl)NC1CC1. The van der Waals surface area contributed by atoms with Crippen LogP contribution in [-0.2, 0) is 4.79 Å². The number of rotatable bonds is 5. The summed E-state index contributed by atoms with van der Waals surface area (Å²) in [4.78, 5) is 19.2. The third-order valence-corrected chi connectivity index (χ3v) is 2.52. The zero-order chi connectivity index (χ0) is 11.4. The highest BCUT2D eigenvalue weighted by Gasteiger charge is 2.22. The van der Waals surface area contributed by atoms with Gasteiger partial charge in [-0.3, -0.25) is 4.79 Å². The summed E-state index contributed by atoms with van der Waals surface area (Å²) >= 11 is 5.80. The molecule has 1 saturated carbocycles. The summed E-state index contributed by atoms with van der Waals surface area (Å²) in [6.07, 6.45) is 5.71. The highest BCUT2D eigenvalue weighted by molar-refractivity contribution is 6.31. The van der Waals surface area contributed by atoms with E-state index in [1.165, 1.54) is 6.20 Å². The van der Waals surface area contributed by atoms with E-state index < -0.39 is 0 Å². The third-order valence-electron chi connectivity index (χ3n) is 2.24. The quantitative estimate of drug-likeness (QED) is 0.812. The Hall–Kier alpha value is -1.36. The van der Waals surface area contributed by atoms with E-state index in [9.17, 15) is 4.79 Å². The van der Waals surface area contributed by atoms with Crippen LogP contribution < -0.4 is 10.6 Å². The summed E-state index contributed by atoms with van der Waals surface area (Å²) in [5.41, 5.74) is 0. The molecule has 2 N–H and O–H groups in total. The normalized spacial score (nSPS) is 14.6. The number of hydrogen-bond acceptors (Lipinski definition) is 4. The van der Waals surface area contributed by atoms with Crippen molar-refractivity contribution < 1.29 is 4.79 Å². The second-order valence-electron chi connectivity index (χ2n) is 3.71. The first-order valence-electron chi connectivity index (χ1n) is 5.25. The summed E-state index contributed by atoms with van der Waals surface area (Å²) in [5, 5.41) is 6.20. The van der Waals surface area contributed by atoms with Gasteiger partial charge in [0, 0.05) is 31.4 Å². The van der Waals surface area contributed by atoms with Crippen LogP contribution in [0.15, 0.2) is 12.4 Å². The Kier molecular flexibility index (Phi) is 3.56. The molecular weight excluding hydrogens is 228 g/mol. The number of anilines is 1. The first-order valence-corrected chi connectivity index (χ1v) is 5.63. The Balaban J connectivity index is 1.70. The van der Waals surface area contributed by atoms with Gasteiger partial charge in [-0.05, 0) is 12.8 Å². The lowest BCUT2D eigenvalue weighted by atomic mass is 10.4. The van der Waals surface area contributed by atoms with Crippen molar-refractivity contribution in [2.75, 3.05) is 11.9 Å². The molecule has 0 spiro atoms. The molecular formula is C10H13ClN4O. The second-order valence-corrected chi connectivity index (χ2v) is 4.07. The number of halogens is 1. The summed E-state index contributed by atoms with van der Waals surface area (Å²) in [6, 6.07) is 0.410.